The number of nitrogens with one attached hydrogen (secondary N) is 1. The standard InChI is InChI=1S/C24H22N6OS/c1-16(17-8-10-19(11-9-17)30-15-25-14-26-30)29(2)13-22-27-23(31)20-12-21(32-24(20)28-22)18-6-4-3-5-7-18/h3-12,14-16H,13H2,1-2H3,(H,27,28,31). The van der Waals surface area contributed by atoms with Gasteiger partial charge in [0.05, 0.1) is 17.6 Å². The van der Waals surface area contributed by atoms with E-state index in [2.05, 4.69) is 39.0 Å². The number of aromatic nitrogens is 5. The van der Waals surface area contributed by atoms with Crippen LogP contribution in [0, 0.1) is 0 Å². The zero-order valence-corrected chi connectivity index (χ0v) is 18.6. The van der Waals surface area contributed by atoms with Crippen molar-refractivity contribution in [1.29, 1.82) is 0 Å². The summed E-state index contributed by atoms with van der Waals surface area (Å²) in [5, 5.41) is 4.80. The van der Waals surface area contributed by atoms with E-state index in [0.717, 1.165) is 21.0 Å². The molecule has 0 bridgehead atoms. The van der Waals surface area contributed by atoms with E-state index in [-0.39, 0.29) is 11.6 Å². The summed E-state index contributed by atoms with van der Waals surface area (Å²) in [6, 6.07) is 20.4. The first-order valence-electron chi connectivity index (χ1n) is 10.3. The third-order valence-electron chi connectivity index (χ3n) is 5.63. The summed E-state index contributed by atoms with van der Waals surface area (Å²) in [6.45, 7) is 2.68. The molecule has 5 rings (SSSR count). The highest BCUT2D eigenvalue weighted by Crippen LogP contribution is 2.31. The van der Waals surface area contributed by atoms with Gasteiger partial charge in [0, 0.05) is 10.9 Å². The van der Waals surface area contributed by atoms with Gasteiger partial charge in [-0.1, -0.05) is 42.5 Å². The van der Waals surface area contributed by atoms with Gasteiger partial charge in [0.15, 0.2) is 0 Å². The fraction of sp³-hybridized carbons (Fsp3) is 0.167. The minimum absolute atomic E-state index is 0.0957. The molecule has 7 nitrogen and oxygen atoms in total. The zero-order chi connectivity index (χ0) is 22.1. The number of aromatic amines is 1. The molecule has 160 valence electrons. The van der Waals surface area contributed by atoms with E-state index >= 15 is 0 Å². The molecule has 1 unspecified atom stereocenters. The van der Waals surface area contributed by atoms with Gasteiger partial charge in [0.1, 0.15) is 23.3 Å². The van der Waals surface area contributed by atoms with Gasteiger partial charge in [-0.25, -0.2) is 14.6 Å². The van der Waals surface area contributed by atoms with Gasteiger partial charge in [-0.15, -0.1) is 11.3 Å². The Morgan fingerprint density at radius 1 is 1.12 bits per heavy atom. The fourth-order valence-electron chi connectivity index (χ4n) is 3.67. The number of nitrogens with zero attached hydrogens (tertiary/aromatic N) is 5. The summed E-state index contributed by atoms with van der Waals surface area (Å²) in [5.74, 6) is 0.664. The highest BCUT2D eigenvalue weighted by molar-refractivity contribution is 7.21. The number of fused-ring (bicyclic) bond motifs is 1. The lowest BCUT2D eigenvalue weighted by Gasteiger charge is -2.24. The van der Waals surface area contributed by atoms with Crippen LogP contribution in [0.1, 0.15) is 24.4 Å². The lowest BCUT2D eigenvalue weighted by atomic mass is 10.1. The van der Waals surface area contributed by atoms with E-state index in [4.69, 9.17) is 4.98 Å². The fourth-order valence-corrected chi connectivity index (χ4v) is 4.73. The van der Waals surface area contributed by atoms with Crippen molar-refractivity contribution in [2.45, 2.75) is 19.5 Å². The third-order valence-corrected chi connectivity index (χ3v) is 6.71. The summed E-state index contributed by atoms with van der Waals surface area (Å²) in [7, 11) is 2.03. The molecule has 3 heterocycles. The predicted octanol–water partition coefficient (Wildman–Crippen LogP) is 4.43. The molecule has 8 heteroatoms. The van der Waals surface area contributed by atoms with Crippen LogP contribution in [0.3, 0.4) is 0 Å². The number of hydrogen-bond acceptors (Lipinski definition) is 6. The van der Waals surface area contributed by atoms with Gasteiger partial charge in [-0.2, -0.15) is 5.10 Å². The van der Waals surface area contributed by atoms with Gasteiger partial charge in [0.2, 0.25) is 0 Å². The maximum Gasteiger partial charge on any atom is 0.259 e. The van der Waals surface area contributed by atoms with Crippen LogP contribution < -0.4 is 5.56 Å². The minimum Gasteiger partial charge on any atom is -0.309 e. The van der Waals surface area contributed by atoms with Gasteiger partial charge in [-0.05, 0) is 43.3 Å². The maximum atomic E-state index is 12.7. The molecule has 0 aliphatic heterocycles. The van der Waals surface area contributed by atoms with Crippen molar-refractivity contribution in [2.24, 2.45) is 0 Å². The number of thiophene rings is 1. The number of H-pyrrole nitrogens is 1. The van der Waals surface area contributed by atoms with Crippen molar-refractivity contribution in [2.75, 3.05) is 7.05 Å². The molecule has 0 amide bonds. The summed E-state index contributed by atoms with van der Waals surface area (Å²) in [6.07, 6.45) is 3.20. The predicted molar refractivity (Wildman–Crippen MR) is 127 cm³/mol. The summed E-state index contributed by atoms with van der Waals surface area (Å²) in [4.78, 5) is 28.4. The van der Waals surface area contributed by atoms with Crippen LogP contribution in [0.5, 0.6) is 0 Å². The van der Waals surface area contributed by atoms with Gasteiger partial charge < -0.3 is 4.98 Å². The van der Waals surface area contributed by atoms with Crippen molar-refractivity contribution in [3.8, 4) is 16.1 Å². The van der Waals surface area contributed by atoms with Crippen LogP contribution in [0.15, 0.2) is 78.1 Å². The van der Waals surface area contributed by atoms with E-state index in [1.54, 1.807) is 22.3 Å². The molecular formula is C24H22N6OS. The Morgan fingerprint density at radius 2 is 1.91 bits per heavy atom. The van der Waals surface area contributed by atoms with Crippen LogP contribution in [-0.2, 0) is 6.54 Å². The van der Waals surface area contributed by atoms with Crippen molar-refractivity contribution in [3.05, 3.63) is 95.1 Å². The molecular weight excluding hydrogens is 420 g/mol. The Kier molecular flexibility index (Phi) is 5.38. The second-order valence-electron chi connectivity index (χ2n) is 7.73. The van der Waals surface area contributed by atoms with E-state index in [1.165, 1.54) is 11.9 Å². The van der Waals surface area contributed by atoms with Gasteiger partial charge >= 0.3 is 0 Å². The number of hydrogen-bond donors (Lipinski definition) is 1. The molecule has 0 aliphatic carbocycles. The van der Waals surface area contributed by atoms with Crippen molar-refractivity contribution >= 4 is 21.6 Å². The average Bonchev–Trinajstić information content (AvgIpc) is 3.50. The monoisotopic (exact) mass is 442 g/mol. The first kappa shape index (κ1) is 20.3. The largest absolute Gasteiger partial charge is 0.309 e. The quantitative estimate of drug-likeness (QED) is 0.421. The number of rotatable bonds is 6. The Hall–Kier alpha value is -3.62. The van der Waals surface area contributed by atoms with Crippen molar-refractivity contribution in [1.82, 2.24) is 29.6 Å². The molecule has 3 aromatic heterocycles. The topological polar surface area (TPSA) is 79.7 Å². The molecule has 0 aliphatic rings. The Labute approximate surface area is 189 Å². The first-order valence-corrected chi connectivity index (χ1v) is 11.1. The molecule has 1 atom stereocenters. The van der Waals surface area contributed by atoms with Crippen molar-refractivity contribution < 1.29 is 0 Å². The smallest absolute Gasteiger partial charge is 0.259 e. The van der Waals surface area contributed by atoms with Crippen molar-refractivity contribution in [3.63, 3.8) is 0 Å². The van der Waals surface area contributed by atoms with Gasteiger partial charge in [0.25, 0.3) is 5.56 Å². The van der Waals surface area contributed by atoms with E-state index < -0.39 is 0 Å². The van der Waals surface area contributed by atoms with E-state index in [0.29, 0.717) is 17.8 Å². The molecule has 0 spiro atoms. The summed E-state index contributed by atoms with van der Waals surface area (Å²) < 4.78 is 1.73. The highest BCUT2D eigenvalue weighted by atomic mass is 32.1. The van der Waals surface area contributed by atoms with E-state index in [1.807, 2.05) is 55.6 Å². The molecule has 1 N–H and O–H groups in total. The zero-order valence-electron chi connectivity index (χ0n) is 17.8. The molecule has 0 saturated heterocycles. The second-order valence-corrected chi connectivity index (χ2v) is 8.76. The summed E-state index contributed by atoms with van der Waals surface area (Å²) >= 11 is 1.55. The lowest BCUT2D eigenvalue weighted by Crippen LogP contribution is -2.24. The highest BCUT2D eigenvalue weighted by Gasteiger charge is 2.16. The molecule has 0 radical (unpaired) electrons. The van der Waals surface area contributed by atoms with Crippen LogP contribution in [0.4, 0.5) is 0 Å². The third kappa shape index (κ3) is 3.98. The lowest BCUT2D eigenvalue weighted by molar-refractivity contribution is 0.247. The Balaban J connectivity index is 1.36. The van der Waals surface area contributed by atoms with E-state index in [9.17, 15) is 4.79 Å². The normalized spacial score (nSPS) is 12.5. The molecule has 5 aromatic rings. The van der Waals surface area contributed by atoms with Crippen LogP contribution >= 0.6 is 11.3 Å². The van der Waals surface area contributed by atoms with Crippen LogP contribution in [-0.4, -0.2) is 36.7 Å². The SMILES string of the molecule is CC(c1ccc(-n2cncn2)cc1)N(C)Cc1nc2sc(-c3ccccc3)cc2c(=O)[nH]1. The summed E-state index contributed by atoms with van der Waals surface area (Å²) in [5.41, 5.74) is 3.13. The molecule has 32 heavy (non-hydrogen) atoms. The average molecular weight is 443 g/mol. The van der Waals surface area contributed by atoms with Crippen LogP contribution in [0.2, 0.25) is 0 Å². The molecule has 2 aromatic carbocycles. The first-order chi connectivity index (χ1) is 15.6. The maximum absolute atomic E-state index is 12.7. The van der Waals surface area contributed by atoms with Crippen LogP contribution in [0.25, 0.3) is 26.3 Å². The van der Waals surface area contributed by atoms with Gasteiger partial charge in [-0.3, -0.25) is 9.69 Å². The molecule has 0 fully saturated rings. The second kappa shape index (κ2) is 8.49. The Morgan fingerprint density at radius 3 is 2.62 bits per heavy atom. The molecule has 0 saturated carbocycles. The number of benzene rings is 2. The minimum atomic E-state index is -0.0957. The Bertz CT molecular complexity index is 1390.